The van der Waals surface area contributed by atoms with Crippen LogP contribution in [0.3, 0.4) is 0 Å². The van der Waals surface area contributed by atoms with Gasteiger partial charge in [-0.2, -0.15) is 0 Å². The van der Waals surface area contributed by atoms with Crippen molar-refractivity contribution in [2.75, 3.05) is 26.7 Å². The summed E-state index contributed by atoms with van der Waals surface area (Å²) in [4.78, 5) is 29.2. The van der Waals surface area contributed by atoms with Crippen LogP contribution in [0.4, 0.5) is 4.79 Å². The summed E-state index contributed by atoms with van der Waals surface area (Å²) >= 11 is 0. The lowest BCUT2D eigenvalue weighted by Crippen LogP contribution is -2.49. The number of aliphatic imine (C=N–C) groups is 1. The molecule has 0 aliphatic carbocycles. The van der Waals surface area contributed by atoms with Crippen LogP contribution in [0.1, 0.15) is 69.7 Å². The van der Waals surface area contributed by atoms with Crippen molar-refractivity contribution >= 4 is 28.0 Å². The summed E-state index contributed by atoms with van der Waals surface area (Å²) in [6.07, 6.45) is 0.487. The highest BCUT2D eigenvalue weighted by molar-refractivity contribution is 7.90. The first kappa shape index (κ1) is 33.1. The molecule has 0 fully saturated rings. The van der Waals surface area contributed by atoms with Gasteiger partial charge in [0.2, 0.25) is 11.9 Å². The molecule has 0 spiro atoms. The van der Waals surface area contributed by atoms with E-state index in [2.05, 4.69) is 25.7 Å². The maximum Gasteiger partial charge on any atom is 0.408 e. The SMILES string of the molecule is CNCCNC(=O)C(CCCN=C(N)NS(=O)(=O)c1c(C)c(C)c2c(c1C)CC(C)(C)O2)NC(=O)OC(C)(C)C. The van der Waals surface area contributed by atoms with E-state index in [1.165, 1.54) is 0 Å². The molecule has 1 aliphatic rings. The number of likely N-dealkylation sites (N-methyl/N-ethyl adjacent to an activating group) is 1. The Labute approximate surface area is 238 Å². The maximum atomic E-state index is 13.4. The van der Waals surface area contributed by atoms with Gasteiger partial charge in [0.25, 0.3) is 10.0 Å². The first-order valence-electron chi connectivity index (χ1n) is 13.4. The molecule has 0 saturated heterocycles. The summed E-state index contributed by atoms with van der Waals surface area (Å²) in [6.45, 7) is 15.6. The van der Waals surface area contributed by atoms with Gasteiger partial charge in [-0.1, -0.05) is 0 Å². The summed E-state index contributed by atoms with van der Waals surface area (Å²) < 4.78 is 40.5. The van der Waals surface area contributed by atoms with E-state index in [0.29, 0.717) is 37.1 Å². The first-order valence-corrected chi connectivity index (χ1v) is 14.9. The average molecular weight is 583 g/mol. The van der Waals surface area contributed by atoms with Crippen molar-refractivity contribution in [2.24, 2.45) is 10.7 Å². The molecule has 0 radical (unpaired) electrons. The van der Waals surface area contributed by atoms with Gasteiger partial charge in [-0.3, -0.25) is 9.79 Å². The zero-order valence-corrected chi connectivity index (χ0v) is 26.0. The van der Waals surface area contributed by atoms with Crippen LogP contribution >= 0.6 is 0 Å². The van der Waals surface area contributed by atoms with Gasteiger partial charge >= 0.3 is 6.09 Å². The molecule has 226 valence electrons. The highest BCUT2D eigenvalue weighted by atomic mass is 32.2. The second-order valence-electron chi connectivity index (χ2n) is 11.7. The quantitative estimate of drug-likeness (QED) is 0.149. The van der Waals surface area contributed by atoms with Crippen molar-refractivity contribution in [2.45, 2.75) is 96.8 Å². The highest BCUT2D eigenvalue weighted by Crippen LogP contribution is 2.43. The van der Waals surface area contributed by atoms with Crippen molar-refractivity contribution in [1.82, 2.24) is 20.7 Å². The molecular weight excluding hydrogens is 536 g/mol. The lowest BCUT2D eigenvalue weighted by Gasteiger charge is -2.23. The van der Waals surface area contributed by atoms with Gasteiger partial charge in [-0.15, -0.1) is 0 Å². The van der Waals surface area contributed by atoms with Gasteiger partial charge in [-0.05, 0) is 92.0 Å². The van der Waals surface area contributed by atoms with Crippen molar-refractivity contribution in [1.29, 1.82) is 0 Å². The number of ether oxygens (including phenoxy) is 2. The van der Waals surface area contributed by atoms with Gasteiger partial charge in [0.05, 0.1) is 4.90 Å². The number of alkyl carbamates (subject to hydrolysis) is 1. The number of nitrogens with zero attached hydrogens (tertiary/aromatic N) is 1. The molecule has 0 bridgehead atoms. The predicted octanol–water partition coefficient (Wildman–Crippen LogP) is 1.93. The Hall–Kier alpha value is -3.06. The van der Waals surface area contributed by atoms with E-state index in [1.54, 1.807) is 41.7 Å². The van der Waals surface area contributed by atoms with Gasteiger partial charge in [0, 0.05) is 31.6 Å². The van der Waals surface area contributed by atoms with Gasteiger partial charge in [0.1, 0.15) is 23.0 Å². The number of nitrogens with two attached hydrogens (primary N) is 1. The Morgan fingerprint density at radius 2 is 1.77 bits per heavy atom. The van der Waals surface area contributed by atoms with E-state index < -0.39 is 33.4 Å². The Bertz CT molecular complexity index is 1240. The third-order valence-electron chi connectivity index (χ3n) is 6.41. The molecule has 1 aromatic rings. The fourth-order valence-corrected chi connectivity index (χ4v) is 6.04. The summed E-state index contributed by atoms with van der Waals surface area (Å²) in [7, 11) is -2.25. The molecule has 6 N–H and O–H groups in total. The molecule has 0 aromatic heterocycles. The second-order valence-corrected chi connectivity index (χ2v) is 13.3. The number of benzene rings is 1. The van der Waals surface area contributed by atoms with Crippen LogP contribution in [0, 0.1) is 20.8 Å². The van der Waals surface area contributed by atoms with Crippen LogP contribution in [0.5, 0.6) is 5.75 Å². The minimum Gasteiger partial charge on any atom is -0.487 e. The Balaban J connectivity index is 2.09. The van der Waals surface area contributed by atoms with E-state index in [1.807, 2.05) is 20.8 Å². The van der Waals surface area contributed by atoms with Crippen molar-refractivity contribution < 1.29 is 27.5 Å². The average Bonchev–Trinajstić information content (AvgIpc) is 3.14. The number of hydrogen-bond acceptors (Lipinski definition) is 8. The number of fused-ring (bicyclic) bond motifs is 1. The lowest BCUT2D eigenvalue weighted by molar-refractivity contribution is -0.123. The molecule has 12 nitrogen and oxygen atoms in total. The zero-order valence-electron chi connectivity index (χ0n) is 25.2. The molecule has 40 heavy (non-hydrogen) atoms. The number of carbonyl (C=O) groups is 2. The van der Waals surface area contributed by atoms with Gasteiger partial charge < -0.3 is 31.2 Å². The maximum absolute atomic E-state index is 13.4. The van der Waals surface area contributed by atoms with E-state index in [-0.39, 0.29) is 29.7 Å². The summed E-state index contributed by atoms with van der Waals surface area (Å²) in [5, 5.41) is 8.29. The number of carbonyl (C=O) groups excluding carboxylic acids is 2. The molecule has 13 heteroatoms. The number of hydrogen-bond donors (Lipinski definition) is 5. The Morgan fingerprint density at radius 1 is 1.12 bits per heavy atom. The van der Waals surface area contributed by atoms with Gasteiger partial charge in [-0.25, -0.2) is 17.9 Å². The predicted molar refractivity (Wildman–Crippen MR) is 155 cm³/mol. The lowest BCUT2D eigenvalue weighted by atomic mass is 9.94. The van der Waals surface area contributed by atoms with E-state index in [9.17, 15) is 18.0 Å². The third kappa shape index (κ3) is 8.98. The summed E-state index contributed by atoms with van der Waals surface area (Å²) in [5.74, 6) is 0.123. The molecular formula is C27H46N6O6S. The molecule has 1 atom stereocenters. The van der Waals surface area contributed by atoms with Crippen molar-refractivity contribution in [3.05, 3.63) is 22.3 Å². The smallest absolute Gasteiger partial charge is 0.408 e. The fourth-order valence-electron chi connectivity index (χ4n) is 4.52. The Kier molecular flexibility index (Phi) is 10.8. The standard InChI is InChI=1S/C27H46N6O6S/c1-16-17(2)22(18(3)19-15-27(7,8)38-21(16)19)40(36,37)33-24(28)31-12-10-11-20(23(34)30-14-13-29-9)32-25(35)39-26(4,5)6/h20,29H,10-15H2,1-9H3,(H,30,34)(H,32,35)(H3,28,31,33). The molecule has 1 unspecified atom stereocenters. The number of guanidine groups is 1. The molecule has 1 heterocycles. The van der Waals surface area contributed by atoms with Crippen LogP contribution < -0.4 is 31.1 Å². The van der Waals surface area contributed by atoms with E-state index >= 15 is 0 Å². The number of nitrogens with one attached hydrogen (secondary N) is 4. The number of rotatable bonds is 11. The zero-order chi connectivity index (χ0) is 30.5. The topological polar surface area (TPSA) is 173 Å². The minimum absolute atomic E-state index is 0.133. The minimum atomic E-state index is -4.02. The second kappa shape index (κ2) is 13.1. The largest absolute Gasteiger partial charge is 0.487 e. The molecule has 1 aromatic carbocycles. The van der Waals surface area contributed by atoms with Gasteiger partial charge in [0.15, 0.2) is 0 Å². The highest BCUT2D eigenvalue weighted by Gasteiger charge is 2.36. The van der Waals surface area contributed by atoms with Crippen LogP contribution in [-0.4, -0.2) is 70.3 Å². The fraction of sp³-hybridized carbons (Fsp3) is 0.667. The summed E-state index contributed by atoms with van der Waals surface area (Å²) in [5.41, 5.74) is 7.70. The van der Waals surface area contributed by atoms with Crippen molar-refractivity contribution in [3.63, 3.8) is 0 Å². The first-order chi connectivity index (χ1) is 18.4. The number of sulfonamides is 1. The molecule has 1 aliphatic heterocycles. The molecule has 2 rings (SSSR count). The van der Waals surface area contributed by atoms with Crippen LogP contribution in [0.2, 0.25) is 0 Å². The van der Waals surface area contributed by atoms with Crippen LogP contribution in [0.25, 0.3) is 0 Å². The monoisotopic (exact) mass is 582 g/mol. The molecule has 2 amide bonds. The van der Waals surface area contributed by atoms with Crippen molar-refractivity contribution in [3.8, 4) is 5.75 Å². The molecule has 0 saturated carbocycles. The van der Waals surface area contributed by atoms with Crippen LogP contribution in [0.15, 0.2) is 9.89 Å². The van der Waals surface area contributed by atoms with Crippen LogP contribution in [-0.2, 0) is 26.0 Å². The summed E-state index contributed by atoms with van der Waals surface area (Å²) in [6, 6.07) is -0.856. The third-order valence-corrected chi connectivity index (χ3v) is 8.04. The normalized spacial score (nSPS) is 15.6. The number of amides is 2. The Morgan fingerprint density at radius 3 is 2.38 bits per heavy atom. The van der Waals surface area contributed by atoms with E-state index in [0.717, 1.165) is 16.9 Å². The van der Waals surface area contributed by atoms with E-state index in [4.69, 9.17) is 15.2 Å².